The van der Waals surface area contributed by atoms with Gasteiger partial charge < -0.3 is 19.5 Å². The highest BCUT2D eigenvalue weighted by molar-refractivity contribution is 6.34. The lowest BCUT2D eigenvalue weighted by Crippen LogP contribution is -2.47. The number of nitrogens with zero attached hydrogens (tertiary/aromatic N) is 7. The van der Waals surface area contributed by atoms with Gasteiger partial charge in [-0.1, -0.05) is 28.8 Å². The van der Waals surface area contributed by atoms with Crippen LogP contribution in [0.15, 0.2) is 46.9 Å². The van der Waals surface area contributed by atoms with Gasteiger partial charge in [0.05, 0.1) is 10.7 Å². The van der Waals surface area contributed by atoms with Crippen LogP contribution in [0.5, 0.6) is 0 Å². The van der Waals surface area contributed by atoms with Gasteiger partial charge >= 0.3 is 17.8 Å². The largest absolute Gasteiger partial charge is 0.399 e. The molecule has 0 atom stereocenters. The van der Waals surface area contributed by atoms with Crippen LogP contribution >= 0.6 is 11.6 Å². The smallest absolute Gasteiger partial charge is 0.322 e. The summed E-state index contributed by atoms with van der Waals surface area (Å²) in [5.74, 6) is 0.113. The second kappa shape index (κ2) is 10.3. The van der Waals surface area contributed by atoms with Crippen LogP contribution in [0.3, 0.4) is 0 Å². The predicted molar refractivity (Wildman–Crippen MR) is 137 cm³/mol. The van der Waals surface area contributed by atoms with Crippen molar-refractivity contribution in [1.82, 2.24) is 25.1 Å². The van der Waals surface area contributed by atoms with Crippen LogP contribution in [0.4, 0.5) is 33.7 Å². The Kier molecular flexibility index (Phi) is 6.82. The van der Waals surface area contributed by atoms with Crippen molar-refractivity contribution < 1.29 is 13.6 Å². The van der Waals surface area contributed by atoms with E-state index in [1.165, 1.54) is 12.1 Å². The van der Waals surface area contributed by atoms with E-state index >= 15 is 0 Å². The normalized spacial score (nSPS) is 13.5. The number of aryl methyl sites for hydroxylation is 2. The molecule has 0 radical (unpaired) electrons. The third kappa shape index (κ3) is 5.59. The lowest BCUT2D eigenvalue weighted by atomic mass is 10.2. The highest BCUT2D eigenvalue weighted by Gasteiger charge is 2.22. The molecule has 0 aliphatic carbocycles. The summed E-state index contributed by atoms with van der Waals surface area (Å²) < 4.78 is 18.7. The molecule has 1 aliphatic rings. The van der Waals surface area contributed by atoms with E-state index in [2.05, 4.69) is 40.7 Å². The minimum atomic E-state index is -0.594. The van der Waals surface area contributed by atoms with Crippen LogP contribution in [0, 0.1) is 19.7 Å². The first kappa shape index (κ1) is 24.4. The van der Waals surface area contributed by atoms with Crippen molar-refractivity contribution in [3.63, 3.8) is 0 Å². The molecule has 0 bridgehead atoms. The van der Waals surface area contributed by atoms with Crippen LogP contribution < -0.4 is 20.4 Å². The molecule has 2 aromatic carbocycles. The number of halogens is 2. The highest BCUT2D eigenvalue weighted by Crippen LogP contribution is 2.26. The third-order valence-electron chi connectivity index (χ3n) is 5.79. The summed E-state index contributed by atoms with van der Waals surface area (Å²) in [7, 11) is 0. The van der Waals surface area contributed by atoms with Gasteiger partial charge in [-0.3, -0.25) is 10.1 Å². The maximum Gasteiger partial charge on any atom is 0.322 e. The maximum absolute atomic E-state index is 13.2. The maximum atomic E-state index is 13.2. The predicted octanol–water partition coefficient (Wildman–Crippen LogP) is 3.99. The summed E-state index contributed by atoms with van der Waals surface area (Å²) in [5.41, 5.74) is 2.24. The minimum absolute atomic E-state index is 0.0429. The molecule has 5 rings (SSSR count). The van der Waals surface area contributed by atoms with Crippen LogP contribution in [0.1, 0.15) is 22.1 Å². The molecule has 190 valence electrons. The van der Waals surface area contributed by atoms with Crippen molar-refractivity contribution in [2.24, 2.45) is 0 Å². The number of hydrogen-bond acceptors (Lipinski definition) is 10. The Morgan fingerprint density at radius 3 is 2.43 bits per heavy atom. The zero-order valence-corrected chi connectivity index (χ0v) is 20.8. The van der Waals surface area contributed by atoms with Crippen molar-refractivity contribution in [3.05, 3.63) is 70.6 Å². The number of anilines is 5. The number of aromatic nitrogens is 5. The van der Waals surface area contributed by atoms with Gasteiger partial charge in [0.2, 0.25) is 11.9 Å². The fourth-order valence-electron chi connectivity index (χ4n) is 3.90. The van der Waals surface area contributed by atoms with E-state index in [4.69, 9.17) is 16.0 Å². The molecule has 1 aliphatic heterocycles. The Morgan fingerprint density at radius 2 is 1.70 bits per heavy atom. The molecule has 4 aromatic rings. The van der Waals surface area contributed by atoms with E-state index in [-0.39, 0.29) is 23.7 Å². The Bertz CT molecular complexity index is 1400. The van der Waals surface area contributed by atoms with Crippen molar-refractivity contribution in [1.29, 1.82) is 0 Å². The van der Waals surface area contributed by atoms with Gasteiger partial charge in [-0.05, 0) is 49.7 Å². The molecule has 0 unspecified atom stereocenters. The molecule has 1 fully saturated rings. The van der Waals surface area contributed by atoms with Crippen LogP contribution in [0.25, 0.3) is 0 Å². The van der Waals surface area contributed by atoms with Crippen molar-refractivity contribution >= 4 is 46.8 Å². The molecule has 0 spiro atoms. The summed E-state index contributed by atoms with van der Waals surface area (Å²) in [6.45, 7) is 6.38. The molecule has 2 aromatic heterocycles. The number of hydrogen-bond donors (Lipinski definition) is 2. The van der Waals surface area contributed by atoms with Gasteiger partial charge in [-0.2, -0.15) is 15.0 Å². The van der Waals surface area contributed by atoms with Crippen LogP contribution in [-0.4, -0.2) is 57.2 Å². The number of para-hydroxylation sites is 1. The Hall–Kier alpha value is -4.32. The Morgan fingerprint density at radius 1 is 0.973 bits per heavy atom. The summed E-state index contributed by atoms with van der Waals surface area (Å²) in [6.07, 6.45) is 0. The molecule has 1 saturated heterocycles. The molecular weight excluding hydrogens is 501 g/mol. The van der Waals surface area contributed by atoms with E-state index in [9.17, 15) is 9.18 Å². The fourth-order valence-corrected chi connectivity index (χ4v) is 4.17. The summed E-state index contributed by atoms with van der Waals surface area (Å²) in [6, 6.07) is 11.7. The minimum Gasteiger partial charge on any atom is -0.399 e. The van der Waals surface area contributed by atoms with E-state index in [1.54, 1.807) is 31.2 Å². The second-order valence-corrected chi connectivity index (χ2v) is 8.79. The highest BCUT2D eigenvalue weighted by atomic mass is 35.5. The number of carbonyl (C=O) groups is 1. The van der Waals surface area contributed by atoms with Crippen LogP contribution in [0.2, 0.25) is 5.02 Å². The van der Waals surface area contributed by atoms with E-state index in [0.29, 0.717) is 35.6 Å². The molecular formula is C24H23ClFN9O2. The average molecular weight is 524 g/mol. The standard InChI is InChI=1S/C24H23ClFN9O2/c1-14-4-3-5-18(25)19(14)29-20(36)21-32-33-24(37-21)31-22-27-15(2)28-23(30-22)35-12-10-34(11-13-35)17-8-6-16(26)7-9-17/h3-9H,10-13H2,1-2H3,(H,29,36)(H,27,28,30,31,33). The summed E-state index contributed by atoms with van der Waals surface area (Å²) in [5, 5.41) is 13.6. The lowest BCUT2D eigenvalue weighted by molar-refractivity contribution is 0.0991. The van der Waals surface area contributed by atoms with Crippen molar-refractivity contribution in [2.45, 2.75) is 13.8 Å². The molecule has 13 heteroatoms. The quantitative estimate of drug-likeness (QED) is 0.383. The molecule has 2 N–H and O–H groups in total. The fraction of sp³-hybridized carbons (Fsp3) is 0.250. The first-order valence-corrected chi connectivity index (χ1v) is 11.9. The van der Waals surface area contributed by atoms with Gasteiger partial charge in [0, 0.05) is 31.9 Å². The average Bonchev–Trinajstić information content (AvgIpc) is 3.35. The van der Waals surface area contributed by atoms with Crippen molar-refractivity contribution in [3.8, 4) is 0 Å². The van der Waals surface area contributed by atoms with Gasteiger partial charge in [0.25, 0.3) is 0 Å². The lowest BCUT2D eigenvalue weighted by Gasteiger charge is -2.36. The molecule has 3 heterocycles. The molecule has 11 nitrogen and oxygen atoms in total. The van der Waals surface area contributed by atoms with Gasteiger partial charge in [-0.25, -0.2) is 4.39 Å². The SMILES string of the molecule is Cc1nc(Nc2nnc(C(=O)Nc3c(C)cccc3Cl)o2)nc(N2CCN(c3ccc(F)cc3)CC2)n1. The molecule has 0 saturated carbocycles. The van der Waals surface area contributed by atoms with Crippen molar-refractivity contribution in [2.75, 3.05) is 46.6 Å². The Balaban J connectivity index is 1.24. The van der Waals surface area contributed by atoms with E-state index in [0.717, 1.165) is 24.3 Å². The number of carbonyl (C=O) groups excluding carboxylic acids is 1. The first-order chi connectivity index (χ1) is 17.9. The topological polar surface area (TPSA) is 125 Å². The Labute approximate surface area is 216 Å². The van der Waals surface area contributed by atoms with Gasteiger partial charge in [0.15, 0.2) is 0 Å². The summed E-state index contributed by atoms with van der Waals surface area (Å²) in [4.78, 5) is 30.0. The van der Waals surface area contributed by atoms with Gasteiger partial charge in [-0.15, -0.1) is 5.10 Å². The first-order valence-electron chi connectivity index (χ1n) is 11.5. The molecule has 1 amide bonds. The summed E-state index contributed by atoms with van der Waals surface area (Å²) >= 11 is 6.18. The zero-order chi connectivity index (χ0) is 25.9. The number of rotatable bonds is 6. The third-order valence-corrected chi connectivity index (χ3v) is 6.10. The van der Waals surface area contributed by atoms with Gasteiger partial charge in [0.1, 0.15) is 11.6 Å². The number of nitrogens with one attached hydrogen (secondary N) is 2. The number of amides is 1. The van der Waals surface area contributed by atoms with E-state index in [1.807, 2.05) is 17.9 Å². The monoisotopic (exact) mass is 523 g/mol. The number of piperazine rings is 1. The second-order valence-electron chi connectivity index (χ2n) is 8.38. The zero-order valence-electron chi connectivity index (χ0n) is 20.1. The van der Waals surface area contributed by atoms with E-state index < -0.39 is 5.91 Å². The number of benzene rings is 2. The molecule has 37 heavy (non-hydrogen) atoms. The van der Waals surface area contributed by atoms with Crippen LogP contribution in [-0.2, 0) is 0 Å².